The number of thiophene rings is 1. The summed E-state index contributed by atoms with van der Waals surface area (Å²) in [5, 5.41) is 4.52. The Morgan fingerprint density at radius 1 is 1.23 bits per heavy atom. The number of carbonyl (C=O) groups excluding carboxylic acids is 2. The van der Waals surface area contributed by atoms with E-state index in [4.69, 9.17) is 4.74 Å². The van der Waals surface area contributed by atoms with Crippen molar-refractivity contribution < 1.29 is 22.7 Å². The van der Waals surface area contributed by atoms with Gasteiger partial charge < -0.3 is 15.0 Å². The number of urea groups is 1. The molecule has 2 heterocycles. The summed E-state index contributed by atoms with van der Waals surface area (Å²) in [6, 6.07) is 0.775. The fourth-order valence-corrected chi connectivity index (χ4v) is 6.28. The molecule has 2 N–H and O–H groups in total. The highest BCUT2D eigenvalue weighted by Crippen LogP contribution is 2.44. The lowest BCUT2D eigenvalue weighted by molar-refractivity contribution is 0.0260. The lowest BCUT2D eigenvalue weighted by atomic mass is 9.72. The molecule has 1 spiro atoms. The zero-order valence-electron chi connectivity index (χ0n) is 18.0. The first-order valence-corrected chi connectivity index (χ1v) is 12.6. The van der Waals surface area contributed by atoms with Gasteiger partial charge in [0.15, 0.2) is 0 Å². The minimum Gasteiger partial charge on any atom is -0.444 e. The van der Waals surface area contributed by atoms with E-state index < -0.39 is 21.7 Å². The number of amides is 3. The Kier molecular flexibility index (Phi) is 6.38. The largest absolute Gasteiger partial charge is 0.444 e. The quantitative estimate of drug-likeness (QED) is 0.721. The van der Waals surface area contributed by atoms with Crippen molar-refractivity contribution in [3.05, 3.63) is 17.0 Å². The Morgan fingerprint density at radius 2 is 1.90 bits per heavy atom. The van der Waals surface area contributed by atoms with Crippen LogP contribution in [0, 0.1) is 12.3 Å². The molecule has 0 unspecified atom stereocenters. The van der Waals surface area contributed by atoms with E-state index in [0.717, 1.165) is 49.0 Å². The molecule has 1 saturated heterocycles. The van der Waals surface area contributed by atoms with Gasteiger partial charge in [0.25, 0.3) is 10.0 Å². The summed E-state index contributed by atoms with van der Waals surface area (Å²) in [6.45, 7) is 8.74. The number of carbonyl (C=O) groups is 2. The third-order valence-electron chi connectivity index (χ3n) is 5.67. The van der Waals surface area contributed by atoms with E-state index in [-0.39, 0.29) is 21.8 Å². The van der Waals surface area contributed by atoms with Gasteiger partial charge in [-0.3, -0.25) is 0 Å². The molecule has 3 rings (SSSR count). The summed E-state index contributed by atoms with van der Waals surface area (Å²) < 4.78 is 32.3. The van der Waals surface area contributed by atoms with Gasteiger partial charge in [0.05, 0.1) is 0 Å². The third kappa shape index (κ3) is 5.66. The lowest BCUT2D eigenvalue weighted by Gasteiger charge is -2.37. The molecule has 1 aliphatic carbocycles. The Hall–Kier alpha value is -1.81. The van der Waals surface area contributed by atoms with E-state index in [0.29, 0.717) is 13.1 Å². The lowest BCUT2D eigenvalue weighted by Crippen LogP contribution is -2.47. The zero-order valence-corrected chi connectivity index (χ0v) is 19.6. The molecule has 8 nitrogen and oxygen atoms in total. The van der Waals surface area contributed by atoms with Crippen LogP contribution >= 0.6 is 11.3 Å². The van der Waals surface area contributed by atoms with Crippen LogP contribution in [0.1, 0.15) is 58.4 Å². The Balaban J connectivity index is 1.48. The van der Waals surface area contributed by atoms with Crippen LogP contribution in [0.2, 0.25) is 0 Å². The first-order valence-electron chi connectivity index (χ1n) is 10.2. The molecule has 1 saturated carbocycles. The van der Waals surface area contributed by atoms with Crippen molar-refractivity contribution in [2.45, 2.75) is 75.7 Å². The summed E-state index contributed by atoms with van der Waals surface area (Å²) in [6.07, 6.45) is 3.94. The van der Waals surface area contributed by atoms with E-state index in [1.165, 1.54) is 0 Å². The van der Waals surface area contributed by atoms with Crippen LogP contribution in [0.4, 0.5) is 9.59 Å². The number of nitrogens with zero attached hydrogens (tertiary/aromatic N) is 1. The van der Waals surface area contributed by atoms with Gasteiger partial charge in [-0.25, -0.2) is 22.7 Å². The summed E-state index contributed by atoms with van der Waals surface area (Å²) >= 11 is 1.09. The number of rotatable bonds is 3. The minimum absolute atomic E-state index is 0.0616. The van der Waals surface area contributed by atoms with Gasteiger partial charge in [0.2, 0.25) is 0 Å². The monoisotopic (exact) mass is 457 g/mol. The number of hydrogen-bond acceptors (Lipinski definition) is 6. The number of sulfonamides is 1. The van der Waals surface area contributed by atoms with Crippen molar-refractivity contribution in [1.82, 2.24) is 14.9 Å². The van der Waals surface area contributed by atoms with E-state index in [9.17, 15) is 18.0 Å². The standard InChI is InChI=1S/C20H31N3O5S2/c1-14-11-16(29-12-14)30(26,27)22-17(24)21-15-5-7-20(8-6-15)9-10-23(13-20)18(25)28-19(2,3)4/h11-12,15H,5-10,13H2,1-4H3,(H2,21,22,24). The molecule has 0 aromatic carbocycles. The maximum absolute atomic E-state index is 12.3. The van der Waals surface area contributed by atoms with Gasteiger partial charge in [-0.15, -0.1) is 11.3 Å². The molecule has 1 aromatic heterocycles. The molecule has 0 radical (unpaired) electrons. The predicted molar refractivity (Wildman–Crippen MR) is 115 cm³/mol. The van der Waals surface area contributed by atoms with Crippen LogP contribution < -0.4 is 10.0 Å². The van der Waals surface area contributed by atoms with Crippen LogP contribution in [0.5, 0.6) is 0 Å². The molecule has 168 valence electrons. The molecule has 2 aliphatic rings. The topological polar surface area (TPSA) is 105 Å². The third-order valence-corrected chi connectivity index (χ3v) is 8.56. The molecular weight excluding hydrogens is 426 g/mol. The van der Waals surface area contributed by atoms with Gasteiger partial charge in [0, 0.05) is 19.1 Å². The number of hydrogen-bond donors (Lipinski definition) is 2. The Bertz CT molecular complexity index is 896. The SMILES string of the molecule is Cc1csc(S(=O)(=O)NC(=O)NC2CCC3(CC2)CCN(C(=O)OC(C)(C)C)C3)c1. The summed E-state index contributed by atoms with van der Waals surface area (Å²) in [4.78, 5) is 26.3. The summed E-state index contributed by atoms with van der Waals surface area (Å²) in [5.74, 6) is 0. The Labute approximate surface area is 182 Å². The highest BCUT2D eigenvalue weighted by atomic mass is 32.2. The minimum atomic E-state index is -3.85. The molecule has 3 amide bonds. The summed E-state index contributed by atoms with van der Waals surface area (Å²) in [5.41, 5.74) is 0.395. The zero-order chi connectivity index (χ0) is 22.2. The second-order valence-electron chi connectivity index (χ2n) is 9.45. The van der Waals surface area contributed by atoms with Gasteiger partial charge in [0.1, 0.15) is 9.81 Å². The molecule has 0 bridgehead atoms. The molecule has 30 heavy (non-hydrogen) atoms. The summed E-state index contributed by atoms with van der Waals surface area (Å²) in [7, 11) is -3.85. The van der Waals surface area contributed by atoms with Gasteiger partial charge in [-0.2, -0.15) is 0 Å². The molecule has 10 heteroatoms. The van der Waals surface area contributed by atoms with E-state index in [2.05, 4.69) is 10.0 Å². The Morgan fingerprint density at radius 3 is 2.47 bits per heavy atom. The average molecular weight is 458 g/mol. The fourth-order valence-electron chi connectivity index (χ4n) is 4.13. The van der Waals surface area contributed by atoms with Crippen molar-refractivity contribution in [3.63, 3.8) is 0 Å². The number of nitrogens with one attached hydrogen (secondary N) is 2. The molecule has 0 atom stereocenters. The van der Waals surface area contributed by atoms with E-state index in [1.54, 1.807) is 23.3 Å². The smallest absolute Gasteiger partial charge is 0.410 e. The van der Waals surface area contributed by atoms with Crippen molar-refractivity contribution in [2.24, 2.45) is 5.41 Å². The highest BCUT2D eigenvalue weighted by Gasteiger charge is 2.43. The highest BCUT2D eigenvalue weighted by molar-refractivity contribution is 7.92. The van der Waals surface area contributed by atoms with Crippen molar-refractivity contribution in [3.8, 4) is 0 Å². The van der Waals surface area contributed by atoms with Crippen LogP contribution in [0.15, 0.2) is 15.7 Å². The maximum Gasteiger partial charge on any atom is 0.410 e. The van der Waals surface area contributed by atoms with E-state index in [1.807, 2.05) is 20.8 Å². The molecule has 2 fully saturated rings. The molecule has 1 aromatic rings. The van der Waals surface area contributed by atoms with Gasteiger partial charge in [-0.05, 0) is 82.2 Å². The van der Waals surface area contributed by atoms with Crippen molar-refractivity contribution in [2.75, 3.05) is 13.1 Å². The second kappa shape index (κ2) is 8.37. The first kappa shape index (κ1) is 22.9. The second-order valence-corrected chi connectivity index (χ2v) is 12.3. The van der Waals surface area contributed by atoms with Crippen LogP contribution in [-0.2, 0) is 14.8 Å². The van der Waals surface area contributed by atoms with Crippen molar-refractivity contribution >= 4 is 33.5 Å². The van der Waals surface area contributed by atoms with Crippen molar-refractivity contribution in [1.29, 1.82) is 0 Å². The normalized spacial score (nSPS) is 24.7. The van der Waals surface area contributed by atoms with Gasteiger partial charge >= 0.3 is 12.1 Å². The molecular formula is C20H31N3O5S2. The number of ether oxygens (including phenoxy) is 1. The van der Waals surface area contributed by atoms with E-state index >= 15 is 0 Å². The van der Waals surface area contributed by atoms with Crippen LogP contribution in [0.25, 0.3) is 0 Å². The predicted octanol–water partition coefficient (Wildman–Crippen LogP) is 3.61. The number of likely N-dealkylation sites (tertiary alicyclic amines) is 1. The van der Waals surface area contributed by atoms with Gasteiger partial charge in [-0.1, -0.05) is 0 Å². The fraction of sp³-hybridized carbons (Fsp3) is 0.700. The number of aryl methyl sites for hydroxylation is 1. The molecule has 1 aliphatic heterocycles. The maximum atomic E-state index is 12.3. The first-order chi connectivity index (χ1) is 13.9. The average Bonchev–Trinajstić information content (AvgIpc) is 3.23. The van der Waals surface area contributed by atoms with Crippen LogP contribution in [-0.4, -0.2) is 50.2 Å². The van der Waals surface area contributed by atoms with Crippen LogP contribution in [0.3, 0.4) is 0 Å².